The Labute approximate surface area is 149 Å². The maximum absolute atomic E-state index is 12.7. The Morgan fingerprint density at radius 3 is 2.28 bits per heavy atom. The van der Waals surface area contributed by atoms with Crippen molar-refractivity contribution in [2.75, 3.05) is 13.7 Å². The summed E-state index contributed by atoms with van der Waals surface area (Å²) in [7, 11) is 1.38. The van der Waals surface area contributed by atoms with Crippen LogP contribution in [0.2, 0.25) is 0 Å². The molecule has 2 rings (SSSR count). The highest BCUT2D eigenvalue weighted by Gasteiger charge is 2.27. The molecule has 1 saturated carbocycles. The third-order valence-corrected chi connectivity index (χ3v) is 4.94. The lowest BCUT2D eigenvalue weighted by atomic mass is 9.78. The van der Waals surface area contributed by atoms with Gasteiger partial charge in [-0.3, -0.25) is 14.4 Å². The highest BCUT2D eigenvalue weighted by Crippen LogP contribution is 2.30. The van der Waals surface area contributed by atoms with E-state index in [2.05, 4.69) is 10.1 Å². The molecule has 0 spiro atoms. The van der Waals surface area contributed by atoms with Crippen LogP contribution < -0.4 is 5.32 Å². The Hall–Kier alpha value is -2.17. The maximum Gasteiger partial charge on any atom is 0.305 e. The van der Waals surface area contributed by atoms with Gasteiger partial charge in [0.1, 0.15) is 0 Å². The van der Waals surface area contributed by atoms with Crippen molar-refractivity contribution in [3.63, 3.8) is 0 Å². The first kappa shape index (κ1) is 19.2. The van der Waals surface area contributed by atoms with E-state index in [0.717, 1.165) is 36.8 Å². The van der Waals surface area contributed by atoms with E-state index in [-0.39, 0.29) is 23.6 Å². The van der Waals surface area contributed by atoms with Crippen molar-refractivity contribution in [1.29, 1.82) is 0 Å². The van der Waals surface area contributed by atoms with Crippen LogP contribution in [0.25, 0.3) is 0 Å². The van der Waals surface area contributed by atoms with Crippen molar-refractivity contribution in [1.82, 2.24) is 5.32 Å². The lowest BCUT2D eigenvalue weighted by Gasteiger charge is -2.27. The van der Waals surface area contributed by atoms with Crippen LogP contribution in [0, 0.1) is 11.8 Å². The number of carbonyl (C=O) groups excluding carboxylic acids is 3. The van der Waals surface area contributed by atoms with E-state index in [4.69, 9.17) is 0 Å². The van der Waals surface area contributed by atoms with E-state index in [9.17, 15) is 14.4 Å². The number of rotatable bonds is 7. The second-order valence-electron chi connectivity index (χ2n) is 6.79. The fourth-order valence-corrected chi connectivity index (χ4v) is 3.34. The summed E-state index contributed by atoms with van der Waals surface area (Å²) in [6.45, 7) is 2.25. The van der Waals surface area contributed by atoms with Crippen LogP contribution in [0.5, 0.6) is 0 Å². The fourth-order valence-electron chi connectivity index (χ4n) is 3.34. The Morgan fingerprint density at radius 1 is 1.08 bits per heavy atom. The third kappa shape index (κ3) is 6.00. The van der Waals surface area contributed by atoms with Crippen LogP contribution in [0.1, 0.15) is 54.9 Å². The molecule has 1 aliphatic rings. The molecule has 0 radical (unpaired) electrons. The van der Waals surface area contributed by atoms with E-state index in [1.165, 1.54) is 14.0 Å². The summed E-state index contributed by atoms with van der Waals surface area (Å²) in [5.41, 5.74) is 1.77. The van der Waals surface area contributed by atoms with E-state index < -0.39 is 0 Å². The van der Waals surface area contributed by atoms with Crippen molar-refractivity contribution in [3.05, 3.63) is 35.4 Å². The van der Waals surface area contributed by atoms with Crippen LogP contribution in [0.15, 0.2) is 24.3 Å². The molecule has 0 atom stereocenters. The van der Waals surface area contributed by atoms with E-state index >= 15 is 0 Å². The minimum absolute atomic E-state index is 0.00508. The van der Waals surface area contributed by atoms with Crippen molar-refractivity contribution < 1.29 is 19.1 Å². The van der Waals surface area contributed by atoms with Crippen molar-refractivity contribution in [2.45, 2.75) is 45.4 Å². The van der Waals surface area contributed by atoms with Crippen LogP contribution in [0.4, 0.5) is 0 Å². The zero-order valence-corrected chi connectivity index (χ0v) is 15.0. The molecule has 1 amide bonds. The van der Waals surface area contributed by atoms with Crippen molar-refractivity contribution >= 4 is 17.7 Å². The molecule has 0 bridgehead atoms. The zero-order valence-electron chi connectivity index (χ0n) is 15.0. The summed E-state index contributed by atoms with van der Waals surface area (Å²) < 4.78 is 4.64. The van der Waals surface area contributed by atoms with Gasteiger partial charge in [0, 0.05) is 31.4 Å². The molecule has 25 heavy (non-hydrogen) atoms. The Morgan fingerprint density at radius 2 is 1.72 bits per heavy atom. The predicted octanol–water partition coefficient (Wildman–Crippen LogP) is 2.92. The number of ketones is 1. The summed E-state index contributed by atoms with van der Waals surface area (Å²) >= 11 is 0. The molecule has 1 aliphatic carbocycles. The maximum atomic E-state index is 12.7. The second kappa shape index (κ2) is 9.35. The Kier molecular flexibility index (Phi) is 7.16. The average molecular weight is 345 g/mol. The molecule has 0 aliphatic heterocycles. The highest BCUT2D eigenvalue weighted by molar-refractivity contribution is 5.97. The van der Waals surface area contributed by atoms with Gasteiger partial charge in [-0.1, -0.05) is 24.3 Å². The van der Waals surface area contributed by atoms with Gasteiger partial charge in [-0.15, -0.1) is 0 Å². The van der Waals surface area contributed by atoms with Crippen molar-refractivity contribution in [3.8, 4) is 0 Å². The Bertz CT molecular complexity index is 601. The van der Waals surface area contributed by atoms with Crippen LogP contribution in [0.3, 0.4) is 0 Å². The van der Waals surface area contributed by atoms with Gasteiger partial charge in [-0.2, -0.15) is 0 Å². The number of carbonyl (C=O) groups is 3. The van der Waals surface area contributed by atoms with Gasteiger partial charge in [-0.05, 0) is 43.6 Å². The van der Waals surface area contributed by atoms with E-state index in [0.29, 0.717) is 25.3 Å². The van der Waals surface area contributed by atoms with Gasteiger partial charge >= 0.3 is 5.97 Å². The topological polar surface area (TPSA) is 72.5 Å². The standard InChI is InChI=1S/C20H27NO4/c1-14(22)21-13-16-5-10-18(11-6-16)20(24)17-8-3-15(4-9-17)7-12-19(23)25-2/h3-4,8-9,16,18H,5-7,10-13H2,1-2H3,(H,21,22). The van der Waals surface area contributed by atoms with E-state index in [1.54, 1.807) is 0 Å². The summed E-state index contributed by atoms with van der Waals surface area (Å²) in [6, 6.07) is 7.55. The molecule has 1 aromatic rings. The number of amides is 1. The van der Waals surface area contributed by atoms with Gasteiger partial charge in [0.05, 0.1) is 7.11 Å². The lowest BCUT2D eigenvalue weighted by Crippen LogP contribution is -2.31. The largest absolute Gasteiger partial charge is 0.469 e. The summed E-state index contributed by atoms with van der Waals surface area (Å²) in [5.74, 6) is 0.544. The molecular formula is C20H27NO4. The van der Waals surface area contributed by atoms with Crippen LogP contribution >= 0.6 is 0 Å². The predicted molar refractivity (Wildman–Crippen MR) is 95.2 cm³/mol. The molecule has 0 aromatic heterocycles. The minimum Gasteiger partial charge on any atom is -0.469 e. The molecule has 1 aromatic carbocycles. The second-order valence-corrected chi connectivity index (χ2v) is 6.79. The summed E-state index contributed by atoms with van der Waals surface area (Å²) in [6.07, 6.45) is 4.69. The lowest BCUT2D eigenvalue weighted by molar-refractivity contribution is -0.140. The molecule has 1 N–H and O–H groups in total. The first-order valence-electron chi connectivity index (χ1n) is 8.94. The highest BCUT2D eigenvalue weighted by atomic mass is 16.5. The van der Waals surface area contributed by atoms with Gasteiger partial charge in [0.15, 0.2) is 5.78 Å². The molecule has 1 fully saturated rings. The molecule has 0 unspecified atom stereocenters. The van der Waals surface area contributed by atoms with Crippen LogP contribution in [-0.4, -0.2) is 31.3 Å². The van der Waals surface area contributed by atoms with Crippen LogP contribution in [-0.2, 0) is 20.7 Å². The summed E-state index contributed by atoms with van der Waals surface area (Å²) in [5, 5.41) is 2.86. The number of benzene rings is 1. The van der Waals surface area contributed by atoms with E-state index in [1.807, 2.05) is 24.3 Å². The van der Waals surface area contributed by atoms with Gasteiger partial charge in [-0.25, -0.2) is 0 Å². The molecule has 5 heteroatoms. The molecule has 5 nitrogen and oxygen atoms in total. The smallest absolute Gasteiger partial charge is 0.305 e. The number of nitrogens with one attached hydrogen (secondary N) is 1. The number of hydrogen-bond acceptors (Lipinski definition) is 4. The first-order valence-corrected chi connectivity index (χ1v) is 8.94. The third-order valence-electron chi connectivity index (χ3n) is 4.94. The summed E-state index contributed by atoms with van der Waals surface area (Å²) in [4.78, 5) is 34.8. The molecule has 0 heterocycles. The first-order chi connectivity index (χ1) is 12.0. The normalized spacial score (nSPS) is 19.9. The minimum atomic E-state index is -0.226. The van der Waals surface area contributed by atoms with Crippen molar-refractivity contribution in [2.24, 2.45) is 11.8 Å². The molecular weight excluding hydrogens is 318 g/mol. The van der Waals surface area contributed by atoms with Gasteiger partial charge in [0.2, 0.25) is 5.91 Å². The van der Waals surface area contributed by atoms with Gasteiger partial charge in [0.25, 0.3) is 0 Å². The zero-order chi connectivity index (χ0) is 18.2. The number of hydrogen-bond donors (Lipinski definition) is 1. The average Bonchev–Trinajstić information content (AvgIpc) is 2.64. The fraction of sp³-hybridized carbons (Fsp3) is 0.550. The Balaban J connectivity index is 1.83. The van der Waals surface area contributed by atoms with Gasteiger partial charge < -0.3 is 10.1 Å². The molecule has 136 valence electrons. The number of Topliss-reactive ketones (excluding diaryl/α,β-unsaturated/α-hetero) is 1. The molecule has 0 saturated heterocycles. The SMILES string of the molecule is COC(=O)CCc1ccc(C(=O)C2CCC(CNC(C)=O)CC2)cc1. The number of aryl methyl sites for hydroxylation is 1. The monoisotopic (exact) mass is 345 g/mol. The quantitative estimate of drug-likeness (QED) is 0.609. The number of methoxy groups -OCH3 is 1. The number of esters is 1. The number of ether oxygens (including phenoxy) is 1.